The van der Waals surface area contributed by atoms with Crippen LogP contribution in [0.25, 0.3) is 0 Å². The van der Waals surface area contributed by atoms with Crippen LogP contribution in [-0.2, 0) is 0 Å². The summed E-state index contributed by atoms with van der Waals surface area (Å²) in [6.07, 6.45) is 4.01. The van der Waals surface area contributed by atoms with Crippen LogP contribution < -0.4 is 10.6 Å². The van der Waals surface area contributed by atoms with Gasteiger partial charge >= 0.3 is 0 Å². The zero-order valence-electron chi connectivity index (χ0n) is 13.4. The van der Waals surface area contributed by atoms with Crippen LogP contribution in [0.2, 0.25) is 0 Å². The minimum Gasteiger partial charge on any atom is -0.355 e. The molecule has 0 aromatic carbocycles. The molecule has 2 unspecified atom stereocenters. The number of nitrogens with one attached hydrogen (secondary N) is 2. The van der Waals surface area contributed by atoms with E-state index in [1.807, 2.05) is 7.05 Å². The van der Waals surface area contributed by atoms with Gasteiger partial charge in [0.05, 0.1) is 0 Å². The van der Waals surface area contributed by atoms with Crippen molar-refractivity contribution in [3.63, 3.8) is 0 Å². The number of guanidine groups is 1. The largest absolute Gasteiger partial charge is 0.355 e. The number of likely N-dealkylation sites (tertiary alicyclic amines) is 1. The number of nitrogens with zero attached hydrogens (tertiary/aromatic N) is 2. The molecule has 0 radical (unpaired) electrons. The van der Waals surface area contributed by atoms with Gasteiger partial charge in [-0.1, -0.05) is 27.2 Å². The Balaban J connectivity index is 2.40. The van der Waals surface area contributed by atoms with E-state index in [2.05, 4.69) is 48.2 Å². The molecule has 4 nitrogen and oxygen atoms in total. The molecule has 1 fully saturated rings. The summed E-state index contributed by atoms with van der Waals surface area (Å²) in [5.41, 5.74) is 0. The molecule has 0 aromatic rings. The van der Waals surface area contributed by atoms with Crippen molar-refractivity contribution < 1.29 is 0 Å². The molecule has 19 heavy (non-hydrogen) atoms. The first-order chi connectivity index (χ1) is 9.08. The second-order valence-corrected chi connectivity index (χ2v) is 5.91. The summed E-state index contributed by atoms with van der Waals surface area (Å²) in [6.45, 7) is 12.3. The molecule has 0 aliphatic carbocycles. The first kappa shape index (κ1) is 16.3. The van der Waals surface area contributed by atoms with Gasteiger partial charge in [0, 0.05) is 25.7 Å². The van der Waals surface area contributed by atoms with Gasteiger partial charge in [-0.15, -0.1) is 0 Å². The van der Waals surface area contributed by atoms with Gasteiger partial charge in [0.2, 0.25) is 0 Å². The van der Waals surface area contributed by atoms with Crippen LogP contribution >= 0.6 is 0 Å². The summed E-state index contributed by atoms with van der Waals surface area (Å²) < 4.78 is 0. The fourth-order valence-corrected chi connectivity index (χ4v) is 2.50. The lowest BCUT2D eigenvalue weighted by Gasteiger charge is -2.35. The van der Waals surface area contributed by atoms with Gasteiger partial charge in [0.25, 0.3) is 0 Å². The zero-order valence-corrected chi connectivity index (χ0v) is 13.4. The summed E-state index contributed by atoms with van der Waals surface area (Å²) in [7, 11) is 1.85. The van der Waals surface area contributed by atoms with Crippen molar-refractivity contribution in [2.45, 2.75) is 59.0 Å². The van der Waals surface area contributed by atoms with Crippen LogP contribution in [0, 0.1) is 5.92 Å². The molecule has 1 saturated heterocycles. The Morgan fingerprint density at radius 3 is 2.63 bits per heavy atom. The van der Waals surface area contributed by atoms with Crippen LogP contribution in [-0.4, -0.2) is 49.6 Å². The van der Waals surface area contributed by atoms with Crippen molar-refractivity contribution in [2.24, 2.45) is 10.9 Å². The lowest BCUT2D eigenvalue weighted by molar-refractivity contribution is 0.157. The second kappa shape index (κ2) is 8.41. The van der Waals surface area contributed by atoms with E-state index in [1.165, 1.54) is 25.8 Å². The predicted octanol–water partition coefficient (Wildman–Crippen LogP) is 2.07. The molecule has 0 amide bonds. The molecular weight excluding hydrogens is 236 g/mol. The molecular formula is C15H32N4. The van der Waals surface area contributed by atoms with E-state index in [-0.39, 0.29) is 0 Å². The third kappa shape index (κ3) is 5.39. The van der Waals surface area contributed by atoms with E-state index >= 15 is 0 Å². The van der Waals surface area contributed by atoms with Crippen molar-refractivity contribution in [1.29, 1.82) is 0 Å². The second-order valence-electron chi connectivity index (χ2n) is 5.91. The van der Waals surface area contributed by atoms with E-state index in [1.54, 1.807) is 0 Å². The third-order valence-corrected chi connectivity index (χ3v) is 4.25. The number of hydrogen-bond acceptors (Lipinski definition) is 2. The topological polar surface area (TPSA) is 39.7 Å². The molecule has 1 aliphatic heterocycles. The Morgan fingerprint density at radius 2 is 2.05 bits per heavy atom. The average molecular weight is 268 g/mol. The third-order valence-electron chi connectivity index (χ3n) is 4.25. The summed E-state index contributed by atoms with van der Waals surface area (Å²) in [6, 6.07) is 1.10. The SMILES string of the molecule is CCN1CCCCC1CNC(=NC)NC(C)C(C)C. The van der Waals surface area contributed by atoms with Crippen LogP contribution in [0.15, 0.2) is 4.99 Å². The minimum atomic E-state index is 0.444. The van der Waals surface area contributed by atoms with Gasteiger partial charge in [0.1, 0.15) is 0 Å². The molecule has 1 aliphatic rings. The maximum atomic E-state index is 4.32. The van der Waals surface area contributed by atoms with Crippen LogP contribution in [0.3, 0.4) is 0 Å². The molecule has 1 heterocycles. The molecule has 0 saturated carbocycles. The molecule has 112 valence electrons. The first-order valence-corrected chi connectivity index (χ1v) is 7.79. The van der Waals surface area contributed by atoms with Gasteiger partial charge in [0.15, 0.2) is 5.96 Å². The smallest absolute Gasteiger partial charge is 0.191 e. The van der Waals surface area contributed by atoms with E-state index in [4.69, 9.17) is 0 Å². The first-order valence-electron chi connectivity index (χ1n) is 7.79. The maximum Gasteiger partial charge on any atom is 0.191 e. The van der Waals surface area contributed by atoms with Gasteiger partial charge in [-0.3, -0.25) is 9.89 Å². The Bertz CT molecular complexity index is 275. The molecule has 0 bridgehead atoms. The fourth-order valence-electron chi connectivity index (χ4n) is 2.50. The van der Waals surface area contributed by atoms with Gasteiger partial charge < -0.3 is 10.6 Å². The predicted molar refractivity (Wildman–Crippen MR) is 83.7 cm³/mol. The zero-order chi connectivity index (χ0) is 14.3. The van der Waals surface area contributed by atoms with Crippen molar-refractivity contribution in [1.82, 2.24) is 15.5 Å². The van der Waals surface area contributed by atoms with E-state index in [0.29, 0.717) is 18.0 Å². The number of likely N-dealkylation sites (N-methyl/N-ethyl adjacent to an activating group) is 1. The Hall–Kier alpha value is -0.770. The minimum absolute atomic E-state index is 0.444. The van der Waals surface area contributed by atoms with Crippen molar-refractivity contribution >= 4 is 5.96 Å². The fraction of sp³-hybridized carbons (Fsp3) is 0.933. The Labute approximate surface area is 119 Å². The lowest BCUT2D eigenvalue weighted by atomic mass is 10.0. The normalized spacial score (nSPS) is 23.5. The average Bonchev–Trinajstić information content (AvgIpc) is 2.43. The standard InChI is InChI=1S/C15H32N4/c1-6-19-10-8-7-9-14(19)11-17-15(16-5)18-13(4)12(2)3/h12-14H,6-11H2,1-5H3,(H2,16,17,18). The van der Waals surface area contributed by atoms with Crippen LogP contribution in [0.1, 0.15) is 47.0 Å². The summed E-state index contributed by atoms with van der Waals surface area (Å²) in [5, 5.41) is 6.95. The lowest BCUT2D eigenvalue weighted by Crippen LogP contribution is -2.50. The highest BCUT2D eigenvalue weighted by molar-refractivity contribution is 5.79. The van der Waals surface area contributed by atoms with E-state index in [9.17, 15) is 0 Å². The van der Waals surface area contributed by atoms with Crippen LogP contribution in [0.4, 0.5) is 0 Å². The highest BCUT2D eigenvalue weighted by atomic mass is 15.2. The Kier molecular flexibility index (Phi) is 7.21. The highest BCUT2D eigenvalue weighted by Gasteiger charge is 2.21. The molecule has 1 rings (SSSR count). The molecule has 4 heteroatoms. The van der Waals surface area contributed by atoms with Crippen molar-refractivity contribution in [3.05, 3.63) is 0 Å². The monoisotopic (exact) mass is 268 g/mol. The Morgan fingerprint density at radius 1 is 1.32 bits per heavy atom. The van der Waals surface area contributed by atoms with E-state index in [0.717, 1.165) is 19.0 Å². The highest BCUT2D eigenvalue weighted by Crippen LogP contribution is 2.15. The molecule has 0 aromatic heterocycles. The summed E-state index contributed by atoms with van der Waals surface area (Å²) >= 11 is 0. The number of hydrogen-bond donors (Lipinski definition) is 2. The quantitative estimate of drug-likeness (QED) is 0.592. The van der Waals surface area contributed by atoms with Crippen molar-refractivity contribution in [2.75, 3.05) is 26.7 Å². The van der Waals surface area contributed by atoms with Gasteiger partial charge in [-0.2, -0.15) is 0 Å². The van der Waals surface area contributed by atoms with Crippen molar-refractivity contribution in [3.8, 4) is 0 Å². The maximum absolute atomic E-state index is 4.32. The summed E-state index contributed by atoms with van der Waals surface area (Å²) in [5.74, 6) is 1.54. The number of aliphatic imine (C=N–C) groups is 1. The van der Waals surface area contributed by atoms with Gasteiger partial charge in [-0.25, -0.2) is 0 Å². The van der Waals surface area contributed by atoms with Gasteiger partial charge in [-0.05, 0) is 38.8 Å². The molecule has 0 spiro atoms. The van der Waals surface area contributed by atoms with E-state index < -0.39 is 0 Å². The number of piperidine rings is 1. The molecule has 2 atom stereocenters. The number of rotatable bonds is 5. The van der Waals surface area contributed by atoms with Crippen LogP contribution in [0.5, 0.6) is 0 Å². The molecule has 2 N–H and O–H groups in total. The summed E-state index contributed by atoms with van der Waals surface area (Å²) in [4.78, 5) is 6.90.